The van der Waals surface area contributed by atoms with Crippen LogP contribution in [0.15, 0.2) is 60.9 Å². The predicted octanol–water partition coefficient (Wildman–Crippen LogP) is 2.87. The van der Waals surface area contributed by atoms with Crippen LogP contribution in [0.2, 0.25) is 0 Å². The van der Waals surface area contributed by atoms with E-state index >= 15 is 0 Å². The van der Waals surface area contributed by atoms with Gasteiger partial charge in [-0.2, -0.15) is 5.10 Å². The number of nitrogens with zero attached hydrogens (tertiary/aromatic N) is 2. The molecule has 3 N–H and O–H groups in total. The Bertz CT molecular complexity index is 1020. The Morgan fingerprint density at radius 3 is 2.76 bits per heavy atom. The van der Waals surface area contributed by atoms with Gasteiger partial charge in [0, 0.05) is 29.1 Å². The highest BCUT2D eigenvalue weighted by atomic mass is 16.5. The number of carbonyl (C=O) groups is 2. The van der Waals surface area contributed by atoms with Gasteiger partial charge in [-0.05, 0) is 37.3 Å². The monoisotopic (exact) mass is 394 g/mol. The lowest BCUT2D eigenvalue weighted by atomic mass is 10.1. The molecule has 0 spiro atoms. The first-order chi connectivity index (χ1) is 14.0. The van der Waals surface area contributed by atoms with Crippen molar-refractivity contribution in [2.24, 2.45) is 0 Å². The first-order valence-electron chi connectivity index (χ1n) is 9.02. The fraction of sp³-hybridized carbons (Fsp3) is 0.190. The van der Waals surface area contributed by atoms with E-state index in [1.165, 1.54) is 0 Å². The van der Waals surface area contributed by atoms with E-state index in [0.29, 0.717) is 11.3 Å². The fourth-order valence-electron chi connectivity index (χ4n) is 2.77. The van der Waals surface area contributed by atoms with Crippen LogP contribution in [0.3, 0.4) is 0 Å². The minimum absolute atomic E-state index is 0.217. The van der Waals surface area contributed by atoms with Gasteiger partial charge >= 0.3 is 5.97 Å². The first kappa shape index (κ1) is 19.9. The number of amides is 1. The first-order valence-corrected chi connectivity index (χ1v) is 9.02. The molecule has 1 aromatic heterocycles. The van der Waals surface area contributed by atoms with Crippen molar-refractivity contribution in [3.63, 3.8) is 0 Å². The normalized spacial score (nSPS) is 11.5. The second-order valence-corrected chi connectivity index (χ2v) is 6.44. The second-order valence-electron chi connectivity index (χ2n) is 6.44. The van der Waals surface area contributed by atoms with Crippen molar-refractivity contribution in [1.82, 2.24) is 15.1 Å². The zero-order valence-electron chi connectivity index (χ0n) is 16.1. The number of carboxylic acid groups (broad SMARTS) is 1. The summed E-state index contributed by atoms with van der Waals surface area (Å²) in [5, 5.41) is 18.8. The Morgan fingerprint density at radius 1 is 1.21 bits per heavy atom. The number of aliphatic carboxylic acids is 1. The van der Waals surface area contributed by atoms with Gasteiger partial charge in [0.25, 0.3) is 5.91 Å². The van der Waals surface area contributed by atoms with Crippen LogP contribution < -0.4 is 15.4 Å². The zero-order chi connectivity index (χ0) is 20.8. The third-order valence-electron chi connectivity index (χ3n) is 4.34. The van der Waals surface area contributed by atoms with Gasteiger partial charge in [0.15, 0.2) is 0 Å². The SMILES string of the molecule is COc1cccc(-n2cc(C(C)NC(=O)c3cccc(NCC(=O)O)c3)cn2)c1. The van der Waals surface area contributed by atoms with Crippen molar-refractivity contribution in [3.05, 3.63) is 72.1 Å². The smallest absolute Gasteiger partial charge is 0.322 e. The Labute approximate surface area is 168 Å². The van der Waals surface area contributed by atoms with Crippen molar-refractivity contribution in [2.75, 3.05) is 19.0 Å². The van der Waals surface area contributed by atoms with Gasteiger partial charge in [-0.15, -0.1) is 0 Å². The molecular weight excluding hydrogens is 372 g/mol. The van der Waals surface area contributed by atoms with Crippen molar-refractivity contribution in [2.45, 2.75) is 13.0 Å². The molecule has 0 aliphatic carbocycles. The maximum absolute atomic E-state index is 12.6. The van der Waals surface area contributed by atoms with Crippen LogP contribution in [0.5, 0.6) is 5.75 Å². The summed E-state index contributed by atoms with van der Waals surface area (Å²) in [6.07, 6.45) is 3.56. The highest BCUT2D eigenvalue weighted by molar-refractivity contribution is 5.95. The third kappa shape index (κ3) is 5.13. The molecule has 3 rings (SSSR count). The molecule has 0 aliphatic heterocycles. The van der Waals surface area contributed by atoms with Crippen LogP contribution in [0.1, 0.15) is 28.9 Å². The molecule has 3 aromatic rings. The average molecular weight is 394 g/mol. The van der Waals surface area contributed by atoms with Crippen molar-refractivity contribution < 1.29 is 19.4 Å². The van der Waals surface area contributed by atoms with Crippen LogP contribution in [-0.2, 0) is 4.79 Å². The van der Waals surface area contributed by atoms with Crippen LogP contribution in [-0.4, -0.2) is 40.4 Å². The average Bonchev–Trinajstić information content (AvgIpc) is 3.23. The number of carbonyl (C=O) groups excluding carboxylic acids is 1. The molecule has 0 fully saturated rings. The van der Waals surface area contributed by atoms with E-state index in [-0.39, 0.29) is 18.5 Å². The van der Waals surface area contributed by atoms with Crippen molar-refractivity contribution >= 4 is 17.6 Å². The van der Waals surface area contributed by atoms with Gasteiger partial charge in [0.1, 0.15) is 12.3 Å². The topological polar surface area (TPSA) is 105 Å². The summed E-state index contributed by atoms with van der Waals surface area (Å²) in [5.41, 5.74) is 2.71. The molecule has 8 nitrogen and oxygen atoms in total. The van der Waals surface area contributed by atoms with Crippen LogP contribution in [0, 0.1) is 0 Å². The molecule has 0 aliphatic rings. The van der Waals surface area contributed by atoms with E-state index in [9.17, 15) is 9.59 Å². The van der Waals surface area contributed by atoms with E-state index in [1.54, 1.807) is 42.3 Å². The van der Waals surface area contributed by atoms with Gasteiger partial charge < -0.3 is 20.5 Å². The molecule has 0 radical (unpaired) electrons. The maximum Gasteiger partial charge on any atom is 0.322 e. The lowest BCUT2D eigenvalue weighted by Crippen LogP contribution is -2.26. The summed E-state index contributed by atoms with van der Waals surface area (Å²) >= 11 is 0. The summed E-state index contributed by atoms with van der Waals surface area (Å²) in [7, 11) is 1.61. The molecule has 8 heteroatoms. The number of rotatable bonds is 8. The molecule has 1 atom stereocenters. The Hall–Kier alpha value is -3.81. The lowest BCUT2D eigenvalue weighted by molar-refractivity contribution is -0.134. The number of aromatic nitrogens is 2. The van der Waals surface area contributed by atoms with E-state index in [1.807, 2.05) is 37.4 Å². The summed E-state index contributed by atoms with van der Waals surface area (Å²) in [6, 6.07) is 14.0. The molecule has 0 saturated heterocycles. The fourth-order valence-corrected chi connectivity index (χ4v) is 2.77. The molecule has 29 heavy (non-hydrogen) atoms. The van der Waals surface area contributed by atoms with Gasteiger partial charge in [0.2, 0.25) is 0 Å². The second kappa shape index (κ2) is 8.92. The number of hydrogen-bond acceptors (Lipinski definition) is 5. The van der Waals surface area contributed by atoms with E-state index < -0.39 is 5.97 Å². The highest BCUT2D eigenvalue weighted by Gasteiger charge is 2.14. The molecule has 1 heterocycles. The molecule has 0 saturated carbocycles. The van der Waals surface area contributed by atoms with Gasteiger partial charge in [-0.1, -0.05) is 12.1 Å². The Balaban J connectivity index is 1.68. The number of anilines is 1. The summed E-state index contributed by atoms with van der Waals surface area (Å²) in [5.74, 6) is -0.496. The summed E-state index contributed by atoms with van der Waals surface area (Å²) in [4.78, 5) is 23.3. The van der Waals surface area contributed by atoms with Crippen LogP contribution in [0.25, 0.3) is 5.69 Å². The summed E-state index contributed by atoms with van der Waals surface area (Å²) in [6.45, 7) is 1.66. The molecule has 2 aromatic carbocycles. The van der Waals surface area contributed by atoms with Gasteiger partial charge in [-0.25, -0.2) is 4.68 Å². The molecule has 0 bridgehead atoms. The lowest BCUT2D eigenvalue weighted by Gasteiger charge is -2.13. The minimum Gasteiger partial charge on any atom is -0.497 e. The molecule has 150 valence electrons. The number of nitrogens with one attached hydrogen (secondary N) is 2. The maximum atomic E-state index is 12.6. The molecule has 1 amide bonds. The third-order valence-corrected chi connectivity index (χ3v) is 4.34. The number of carboxylic acids is 1. The molecule has 1 unspecified atom stereocenters. The van der Waals surface area contributed by atoms with Crippen LogP contribution in [0.4, 0.5) is 5.69 Å². The highest BCUT2D eigenvalue weighted by Crippen LogP contribution is 2.19. The van der Waals surface area contributed by atoms with Crippen molar-refractivity contribution in [3.8, 4) is 11.4 Å². The predicted molar refractivity (Wildman–Crippen MR) is 109 cm³/mol. The zero-order valence-corrected chi connectivity index (χ0v) is 16.1. The summed E-state index contributed by atoms with van der Waals surface area (Å²) < 4.78 is 6.96. The largest absolute Gasteiger partial charge is 0.497 e. The minimum atomic E-state index is -0.971. The van der Waals surface area contributed by atoms with Crippen LogP contribution >= 0.6 is 0 Å². The number of ether oxygens (including phenoxy) is 1. The standard InChI is InChI=1S/C21H22N4O4/c1-14(16-11-23-25(13-16)18-7-4-8-19(10-18)29-2)24-21(28)15-5-3-6-17(9-15)22-12-20(26)27/h3-11,13-14,22H,12H2,1-2H3,(H,24,28)(H,26,27). The van der Waals surface area contributed by atoms with Gasteiger partial charge in [-0.3, -0.25) is 9.59 Å². The quantitative estimate of drug-likeness (QED) is 0.543. The van der Waals surface area contributed by atoms with E-state index in [2.05, 4.69) is 15.7 Å². The van der Waals surface area contributed by atoms with E-state index in [0.717, 1.165) is 17.0 Å². The van der Waals surface area contributed by atoms with Crippen molar-refractivity contribution in [1.29, 1.82) is 0 Å². The molecular formula is C21H22N4O4. The number of benzene rings is 2. The number of methoxy groups -OCH3 is 1. The Morgan fingerprint density at radius 2 is 2.00 bits per heavy atom. The van der Waals surface area contributed by atoms with E-state index in [4.69, 9.17) is 9.84 Å². The Kier molecular flexibility index (Phi) is 6.13. The number of hydrogen-bond donors (Lipinski definition) is 3. The van der Waals surface area contributed by atoms with Gasteiger partial charge in [0.05, 0.1) is 25.0 Å².